The fourth-order valence-electron chi connectivity index (χ4n) is 1.70. The van der Waals surface area contributed by atoms with Crippen molar-refractivity contribution in [2.24, 2.45) is 0 Å². The molecule has 1 N–H and O–H groups in total. The Labute approximate surface area is 136 Å². The third-order valence-corrected chi connectivity index (χ3v) is 2.64. The Hall–Kier alpha value is -2.37. The Morgan fingerprint density at radius 2 is 1.83 bits per heavy atom. The van der Waals surface area contributed by atoms with Gasteiger partial charge in [-0.3, -0.25) is 9.59 Å². The van der Waals surface area contributed by atoms with Gasteiger partial charge in [-0.2, -0.15) is 0 Å². The molecule has 0 aromatic heterocycles. The normalized spacial score (nSPS) is 12.0. The Morgan fingerprint density at radius 1 is 1.17 bits per heavy atom. The van der Waals surface area contributed by atoms with Crippen LogP contribution in [0.15, 0.2) is 36.1 Å². The van der Waals surface area contributed by atoms with Crippen molar-refractivity contribution in [3.05, 3.63) is 36.1 Å². The van der Waals surface area contributed by atoms with Crippen molar-refractivity contribution in [1.82, 2.24) is 0 Å². The minimum Gasteiger partial charge on any atom is -0.481 e. The van der Waals surface area contributed by atoms with Crippen molar-refractivity contribution in [3.8, 4) is 0 Å². The maximum Gasteiger partial charge on any atom is 0.338 e. The van der Waals surface area contributed by atoms with E-state index in [4.69, 9.17) is 14.6 Å². The van der Waals surface area contributed by atoms with E-state index in [2.05, 4.69) is 6.58 Å². The molecule has 0 saturated carbocycles. The molecule has 0 spiro atoms. The van der Waals surface area contributed by atoms with Crippen molar-refractivity contribution in [2.75, 3.05) is 0 Å². The number of esters is 2. The smallest absolute Gasteiger partial charge is 0.338 e. The number of aliphatic carboxylic acids is 1. The van der Waals surface area contributed by atoms with E-state index in [1.807, 2.05) is 0 Å². The van der Waals surface area contributed by atoms with E-state index in [0.717, 1.165) is 11.8 Å². The second kappa shape index (κ2) is 11.2. The maximum absolute atomic E-state index is 11.9. The predicted octanol–water partition coefficient (Wildman–Crippen LogP) is 3.14. The lowest BCUT2D eigenvalue weighted by Gasteiger charge is -2.09. The molecular weight excluding hydrogens is 300 g/mol. The van der Waals surface area contributed by atoms with E-state index in [1.54, 1.807) is 32.9 Å². The highest BCUT2D eigenvalue weighted by Crippen LogP contribution is 2.13. The predicted molar refractivity (Wildman–Crippen MR) is 85.5 cm³/mol. The van der Waals surface area contributed by atoms with Crippen LogP contribution in [-0.4, -0.2) is 29.1 Å². The van der Waals surface area contributed by atoms with Gasteiger partial charge in [0.05, 0.1) is 12.4 Å². The second-order valence-electron chi connectivity index (χ2n) is 5.16. The first-order chi connectivity index (χ1) is 10.8. The minimum absolute atomic E-state index is 0.0122. The molecule has 23 heavy (non-hydrogen) atoms. The summed E-state index contributed by atoms with van der Waals surface area (Å²) >= 11 is 0. The lowest BCUT2D eigenvalue weighted by molar-refractivity contribution is -0.147. The van der Waals surface area contributed by atoms with Gasteiger partial charge >= 0.3 is 17.9 Å². The van der Waals surface area contributed by atoms with Crippen molar-refractivity contribution in [2.45, 2.75) is 52.6 Å². The van der Waals surface area contributed by atoms with Gasteiger partial charge in [-0.1, -0.05) is 18.2 Å². The van der Waals surface area contributed by atoms with Gasteiger partial charge in [-0.15, -0.1) is 0 Å². The molecule has 0 aromatic rings. The topological polar surface area (TPSA) is 89.9 Å². The lowest BCUT2D eigenvalue weighted by Crippen LogP contribution is -2.13. The number of ether oxygens (including phenoxy) is 2. The van der Waals surface area contributed by atoms with Crippen LogP contribution in [0.5, 0.6) is 0 Å². The monoisotopic (exact) mass is 324 g/mol. The largest absolute Gasteiger partial charge is 0.481 e. The van der Waals surface area contributed by atoms with Crippen LogP contribution in [0.2, 0.25) is 0 Å². The Morgan fingerprint density at radius 3 is 2.35 bits per heavy atom. The zero-order valence-electron chi connectivity index (χ0n) is 13.8. The van der Waals surface area contributed by atoms with Gasteiger partial charge in [0.15, 0.2) is 0 Å². The van der Waals surface area contributed by atoms with E-state index in [1.165, 1.54) is 0 Å². The van der Waals surface area contributed by atoms with E-state index in [9.17, 15) is 14.4 Å². The number of carboxylic acids is 1. The van der Waals surface area contributed by atoms with Crippen LogP contribution < -0.4 is 0 Å². The fourth-order valence-corrected chi connectivity index (χ4v) is 1.70. The Balaban J connectivity index is 4.88. The third kappa shape index (κ3) is 10.9. The van der Waals surface area contributed by atoms with Crippen LogP contribution in [-0.2, 0) is 23.9 Å². The number of allylic oxidation sites excluding steroid dienone is 3. The van der Waals surface area contributed by atoms with Crippen molar-refractivity contribution in [3.63, 3.8) is 0 Å². The van der Waals surface area contributed by atoms with Crippen molar-refractivity contribution >= 4 is 17.9 Å². The van der Waals surface area contributed by atoms with Gasteiger partial charge in [0.2, 0.25) is 0 Å². The number of carbonyl (C=O) groups excluding carboxylic acids is 2. The number of rotatable bonds is 10. The summed E-state index contributed by atoms with van der Waals surface area (Å²) in [6.45, 7) is 8.56. The van der Waals surface area contributed by atoms with Gasteiger partial charge in [0.25, 0.3) is 0 Å². The fraction of sp³-hybridized carbons (Fsp3) is 0.471. The molecule has 0 saturated heterocycles. The quantitative estimate of drug-likeness (QED) is 0.287. The van der Waals surface area contributed by atoms with Crippen LogP contribution >= 0.6 is 0 Å². The SMILES string of the molecule is C=COC(=O)C(=CC(C)=CCCC(=O)O)CCC(=O)OC(C)C. The molecule has 0 rings (SSSR count). The summed E-state index contributed by atoms with van der Waals surface area (Å²) < 4.78 is 9.76. The number of carboxylic acid groups (broad SMARTS) is 1. The first kappa shape index (κ1) is 20.6. The van der Waals surface area contributed by atoms with Gasteiger partial charge in [-0.25, -0.2) is 4.79 Å². The van der Waals surface area contributed by atoms with Crippen LogP contribution in [0.4, 0.5) is 0 Å². The molecule has 0 aromatic carbocycles. The molecule has 0 atom stereocenters. The van der Waals surface area contributed by atoms with Crippen LogP contribution in [0.3, 0.4) is 0 Å². The highest BCUT2D eigenvalue weighted by Gasteiger charge is 2.14. The Bertz CT molecular complexity index is 499. The molecule has 128 valence electrons. The molecule has 0 aliphatic carbocycles. The van der Waals surface area contributed by atoms with Gasteiger partial charge in [0, 0.05) is 18.4 Å². The summed E-state index contributed by atoms with van der Waals surface area (Å²) in [5, 5.41) is 8.60. The second-order valence-corrected chi connectivity index (χ2v) is 5.16. The van der Waals surface area contributed by atoms with Crippen LogP contribution in [0.25, 0.3) is 0 Å². The van der Waals surface area contributed by atoms with Crippen molar-refractivity contribution < 1.29 is 29.0 Å². The molecule has 0 aliphatic heterocycles. The first-order valence-corrected chi connectivity index (χ1v) is 7.36. The molecule has 0 unspecified atom stereocenters. The minimum atomic E-state index is -0.888. The maximum atomic E-state index is 11.9. The van der Waals surface area contributed by atoms with E-state index in [-0.39, 0.29) is 25.4 Å². The Kier molecular flexibility index (Phi) is 10.1. The molecular formula is C17H24O6. The number of carbonyl (C=O) groups is 3. The third-order valence-electron chi connectivity index (χ3n) is 2.64. The molecule has 6 nitrogen and oxygen atoms in total. The highest BCUT2D eigenvalue weighted by molar-refractivity contribution is 5.90. The number of hydrogen-bond acceptors (Lipinski definition) is 5. The molecule has 0 radical (unpaired) electrons. The van der Waals surface area contributed by atoms with E-state index in [0.29, 0.717) is 12.0 Å². The van der Waals surface area contributed by atoms with E-state index >= 15 is 0 Å². The molecule has 0 fully saturated rings. The summed E-state index contributed by atoms with van der Waals surface area (Å²) in [4.78, 5) is 33.9. The summed E-state index contributed by atoms with van der Waals surface area (Å²) in [5.74, 6) is -1.88. The summed E-state index contributed by atoms with van der Waals surface area (Å²) in [6, 6.07) is 0. The van der Waals surface area contributed by atoms with Gasteiger partial charge < -0.3 is 14.6 Å². The van der Waals surface area contributed by atoms with Gasteiger partial charge in [0.1, 0.15) is 0 Å². The lowest BCUT2D eigenvalue weighted by atomic mass is 10.1. The van der Waals surface area contributed by atoms with Crippen LogP contribution in [0.1, 0.15) is 46.5 Å². The standard InChI is InChI=1S/C17H24O6/c1-5-22-17(21)14(9-10-16(20)23-12(2)3)11-13(4)7-6-8-15(18)19/h5,7,11-12H,1,6,8-10H2,2-4H3,(H,18,19). The molecule has 0 amide bonds. The van der Waals surface area contributed by atoms with Gasteiger partial charge in [-0.05, 0) is 39.7 Å². The average Bonchev–Trinajstić information content (AvgIpc) is 2.42. The van der Waals surface area contributed by atoms with E-state index < -0.39 is 17.9 Å². The zero-order valence-corrected chi connectivity index (χ0v) is 13.8. The average molecular weight is 324 g/mol. The summed E-state index contributed by atoms with van der Waals surface area (Å²) in [5.41, 5.74) is 1.02. The van der Waals surface area contributed by atoms with Crippen molar-refractivity contribution in [1.29, 1.82) is 0 Å². The van der Waals surface area contributed by atoms with Crippen LogP contribution in [0, 0.1) is 0 Å². The summed E-state index contributed by atoms with van der Waals surface area (Å²) in [7, 11) is 0. The number of hydrogen-bond donors (Lipinski definition) is 1. The summed E-state index contributed by atoms with van der Waals surface area (Å²) in [6.07, 6.45) is 4.69. The molecule has 0 heterocycles. The zero-order chi connectivity index (χ0) is 17.8. The molecule has 6 heteroatoms. The molecule has 0 bridgehead atoms. The first-order valence-electron chi connectivity index (χ1n) is 7.36. The highest BCUT2D eigenvalue weighted by atomic mass is 16.5. The molecule has 0 aliphatic rings.